The number of halogens is 1. The number of urea groups is 1. The van der Waals surface area contributed by atoms with Gasteiger partial charge in [-0.3, -0.25) is 4.79 Å². The van der Waals surface area contributed by atoms with Crippen molar-refractivity contribution in [2.24, 2.45) is 7.05 Å². The highest BCUT2D eigenvalue weighted by molar-refractivity contribution is 6.31. The zero-order valence-corrected chi connectivity index (χ0v) is 13.9. The number of pyridine rings is 1. The molecule has 0 radical (unpaired) electrons. The van der Waals surface area contributed by atoms with Gasteiger partial charge in [0.1, 0.15) is 11.4 Å². The van der Waals surface area contributed by atoms with Gasteiger partial charge in [-0.2, -0.15) is 0 Å². The van der Waals surface area contributed by atoms with Crippen molar-refractivity contribution < 1.29 is 9.53 Å². The Morgan fingerprint density at radius 3 is 2.78 bits per heavy atom. The Morgan fingerprint density at radius 1 is 1.35 bits per heavy atom. The molecule has 7 heteroatoms. The highest BCUT2D eigenvalue weighted by atomic mass is 35.5. The van der Waals surface area contributed by atoms with Crippen molar-refractivity contribution in [3.63, 3.8) is 0 Å². The van der Waals surface area contributed by atoms with Crippen LogP contribution in [0.2, 0.25) is 5.02 Å². The van der Waals surface area contributed by atoms with Crippen LogP contribution in [-0.2, 0) is 13.6 Å². The van der Waals surface area contributed by atoms with E-state index in [0.29, 0.717) is 21.9 Å². The minimum atomic E-state index is -0.488. The molecule has 0 saturated heterocycles. The third-order valence-corrected chi connectivity index (χ3v) is 3.79. The molecule has 2 N–H and O–H groups in total. The molecular weight excluding hydrogens is 318 g/mol. The molecule has 0 spiro atoms. The van der Waals surface area contributed by atoms with Gasteiger partial charge in [-0.05, 0) is 30.7 Å². The second-order valence-corrected chi connectivity index (χ2v) is 5.43. The summed E-state index contributed by atoms with van der Waals surface area (Å²) in [5.74, 6) is 0.588. The number of methoxy groups -OCH3 is 1. The van der Waals surface area contributed by atoms with Crippen LogP contribution in [-0.4, -0.2) is 17.7 Å². The lowest BCUT2D eigenvalue weighted by Crippen LogP contribution is -2.32. The maximum Gasteiger partial charge on any atom is 0.319 e. The summed E-state index contributed by atoms with van der Waals surface area (Å²) in [7, 11) is 3.16. The first-order valence-electron chi connectivity index (χ1n) is 6.96. The van der Waals surface area contributed by atoms with Gasteiger partial charge in [-0.15, -0.1) is 0 Å². The Kier molecular flexibility index (Phi) is 5.28. The zero-order chi connectivity index (χ0) is 17.0. The number of carbonyl (C=O) groups excluding carboxylic acids is 1. The van der Waals surface area contributed by atoms with Gasteiger partial charge >= 0.3 is 6.03 Å². The fourth-order valence-corrected chi connectivity index (χ4v) is 2.33. The molecule has 122 valence electrons. The summed E-state index contributed by atoms with van der Waals surface area (Å²) in [5.41, 5.74) is 1.34. The molecule has 0 bridgehead atoms. The maximum absolute atomic E-state index is 12.1. The summed E-state index contributed by atoms with van der Waals surface area (Å²) >= 11 is 6.12. The minimum absolute atomic E-state index is 0.181. The van der Waals surface area contributed by atoms with Gasteiger partial charge in [-0.1, -0.05) is 17.7 Å². The number of ether oxygens (including phenoxy) is 1. The van der Waals surface area contributed by atoms with Crippen LogP contribution in [0.5, 0.6) is 5.75 Å². The summed E-state index contributed by atoms with van der Waals surface area (Å²) in [6.07, 6.45) is 1.65. The lowest BCUT2D eigenvalue weighted by molar-refractivity contribution is 0.251. The van der Waals surface area contributed by atoms with E-state index in [4.69, 9.17) is 16.3 Å². The molecule has 1 heterocycles. The van der Waals surface area contributed by atoms with E-state index < -0.39 is 6.03 Å². The average molecular weight is 336 g/mol. The third kappa shape index (κ3) is 3.84. The highest BCUT2D eigenvalue weighted by Crippen LogP contribution is 2.25. The molecular formula is C16H18ClN3O3. The summed E-state index contributed by atoms with van der Waals surface area (Å²) in [4.78, 5) is 24.1. The Hall–Kier alpha value is -2.47. The topological polar surface area (TPSA) is 72.4 Å². The van der Waals surface area contributed by atoms with Gasteiger partial charge in [0.25, 0.3) is 5.56 Å². The van der Waals surface area contributed by atoms with Crippen LogP contribution in [0.25, 0.3) is 0 Å². The predicted molar refractivity (Wildman–Crippen MR) is 90.3 cm³/mol. The van der Waals surface area contributed by atoms with E-state index in [9.17, 15) is 9.59 Å². The van der Waals surface area contributed by atoms with Crippen molar-refractivity contribution in [3.8, 4) is 5.75 Å². The van der Waals surface area contributed by atoms with E-state index in [1.807, 2.05) is 0 Å². The third-order valence-electron chi connectivity index (χ3n) is 3.44. The molecule has 0 saturated carbocycles. The number of amides is 2. The largest absolute Gasteiger partial charge is 0.496 e. The normalized spacial score (nSPS) is 10.3. The van der Waals surface area contributed by atoms with E-state index in [1.165, 1.54) is 11.7 Å². The lowest BCUT2D eigenvalue weighted by Gasteiger charge is -2.13. The van der Waals surface area contributed by atoms with Crippen LogP contribution in [0.15, 0.2) is 35.3 Å². The molecule has 0 fully saturated rings. The highest BCUT2D eigenvalue weighted by Gasteiger charge is 2.12. The molecule has 1 aromatic heterocycles. The van der Waals surface area contributed by atoms with Crippen molar-refractivity contribution in [2.45, 2.75) is 13.5 Å². The van der Waals surface area contributed by atoms with Crippen molar-refractivity contribution in [1.29, 1.82) is 0 Å². The van der Waals surface area contributed by atoms with E-state index in [-0.39, 0.29) is 17.8 Å². The van der Waals surface area contributed by atoms with E-state index in [0.717, 1.165) is 0 Å². The van der Waals surface area contributed by atoms with Gasteiger partial charge in [0.15, 0.2) is 0 Å². The summed E-state index contributed by atoms with van der Waals surface area (Å²) in [6.45, 7) is 1.94. The number of carbonyl (C=O) groups is 1. The number of aromatic nitrogens is 1. The minimum Gasteiger partial charge on any atom is -0.496 e. The smallest absolute Gasteiger partial charge is 0.319 e. The number of benzene rings is 1. The van der Waals surface area contributed by atoms with Crippen LogP contribution < -0.4 is 20.9 Å². The van der Waals surface area contributed by atoms with Crippen LogP contribution in [0.1, 0.15) is 11.1 Å². The average Bonchev–Trinajstić information content (AvgIpc) is 2.53. The number of hydrogen-bond acceptors (Lipinski definition) is 3. The molecule has 0 unspecified atom stereocenters. The number of anilines is 1. The van der Waals surface area contributed by atoms with E-state index in [1.54, 1.807) is 44.4 Å². The quantitative estimate of drug-likeness (QED) is 0.902. The summed E-state index contributed by atoms with van der Waals surface area (Å²) in [5, 5.41) is 5.75. The number of nitrogens with zero attached hydrogens (tertiary/aromatic N) is 1. The van der Waals surface area contributed by atoms with Gasteiger partial charge in [0.2, 0.25) is 0 Å². The molecule has 6 nitrogen and oxygen atoms in total. The molecule has 2 rings (SSSR count). The van der Waals surface area contributed by atoms with Crippen LogP contribution in [0, 0.1) is 6.92 Å². The van der Waals surface area contributed by atoms with Gasteiger partial charge in [0.05, 0.1) is 7.11 Å². The molecule has 2 amide bonds. The predicted octanol–water partition coefficient (Wildman–Crippen LogP) is 2.68. The molecule has 2 aromatic rings. The Bertz CT molecular complexity index is 787. The summed E-state index contributed by atoms with van der Waals surface area (Å²) in [6, 6.07) is 6.52. The second kappa shape index (κ2) is 7.19. The van der Waals surface area contributed by atoms with Gasteiger partial charge < -0.3 is 19.9 Å². The summed E-state index contributed by atoms with van der Waals surface area (Å²) < 4.78 is 6.62. The standard InChI is InChI=1S/C16H18ClN3O3/c1-10-7-8-20(2)15(21)14(10)19-16(22)18-9-11-12(17)5-4-6-13(11)23-3/h4-8H,9H2,1-3H3,(H2,18,19,22). The molecule has 0 aliphatic heterocycles. The number of nitrogens with one attached hydrogen (secondary N) is 2. The lowest BCUT2D eigenvalue weighted by atomic mass is 10.2. The SMILES string of the molecule is COc1cccc(Cl)c1CNC(=O)Nc1c(C)ccn(C)c1=O. The molecule has 0 atom stereocenters. The number of aryl methyl sites for hydroxylation is 2. The molecule has 0 aliphatic carbocycles. The maximum atomic E-state index is 12.1. The fourth-order valence-electron chi connectivity index (χ4n) is 2.10. The molecule has 1 aromatic carbocycles. The van der Waals surface area contributed by atoms with Crippen molar-refractivity contribution in [3.05, 3.63) is 57.0 Å². The number of rotatable bonds is 4. The molecule has 0 aliphatic rings. The monoisotopic (exact) mass is 335 g/mol. The fraction of sp³-hybridized carbons (Fsp3) is 0.250. The van der Waals surface area contributed by atoms with Crippen molar-refractivity contribution in [1.82, 2.24) is 9.88 Å². The van der Waals surface area contributed by atoms with Crippen LogP contribution in [0.4, 0.5) is 10.5 Å². The van der Waals surface area contributed by atoms with Crippen molar-refractivity contribution in [2.75, 3.05) is 12.4 Å². The zero-order valence-electron chi connectivity index (χ0n) is 13.1. The Labute approximate surface area is 139 Å². The van der Waals surface area contributed by atoms with E-state index in [2.05, 4.69) is 10.6 Å². The first-order chi connectivity index (χ1) is 10.9. The second-order valence-electron chi connectivity index (χ2n) is 5.02. The number of hydrogen-bond donors (Lipinski definition) is 2. The van der Waals surface area contributed by atoms with Crippen LogP contribution in [0.3, 0.4) is 0 Å². The first kappa shape index (κ1) is 16.9. The van der Waals surface area contributed by atoms with Crippen molar-refractivity contribution >= 4 is 23.3 Å². The van der Waals surface area contributed by atoms with Gasteiger partial charge in [-0.25, -0.2) is 4.79 Å². The van der Waals surface area contributed by atoms with Gasteiger partial charge in [0, 0.05) is 30.4 Å². The first-order valence-corrected chi connectivity index (χ1v) is 7.34. The van der Waals surface area contributed by atoms with Crippen LogP contribution >= 0.6 is 11.6 Å². The molecule has 23 heavy (non-hydrogen) atoms. The van der Waals surface area contributed by atoms with E-state index >= 15 is 0 Å². The Morgan fingerprint density at radius 2 is 2.09 bits per heavy atom. The Balaban J connectivity index is 2.10.